The Morgan fingerprint density at radius 1 is 1.61 bits per heavy atom. The Bertz CT molecular complexity index is 469. The van der Waals surface area contributed by atoms with Crippen molar-refractivity contribution in [3.8, 4) is 6.07 Å². The van der Waals surface area contributed by atoms with Gasteiger partial charge in [-0.1, -0.05) is 0 Å². The largest absolute Gasteiger partial charge is 0.465 e. The summed E-state index contributed by atoms with van der Waals surface area (Å²) in [5.41, 5.74) is 0.911. The summed E-state index contributed by atoms with van der Waals surface area (Å²) in [6.07, 6.45) is 0. The lowest BCUT2D eigenvalue weighted by atomic mass is 10.1. The lowest BCUT2D eigenvalue weighted by Gasteiger charge is -2.13. The molecule has 0 heterocycles. The van der Waals surface area contributed by atoms with Gasteiger partial charge >= 0.3 is 5.97 Å². The molecule has 1 N–H and O–H groups in total. The Labute approximate surface area is 105 Å². The zero-order valence-electron chi connectivity index (χ0n) is 10.4. The first-order chi connectivity index (χ1) is 8.58. The molecule has 96 valence electrons. The molecule has 1 atom stereocenters. The van der Waals surface area contributed by atoms with E-state index in [1.54, 1.807) is 13.8 Å². The molecule has 0 spiro atoms. The van der Waals surface area contributed by atoms with Crippen molar-refractivity contribution >= 4 is 5.97 Å². The highest BCUT2D eigenvalue weighted by Gasteiger charge is 2.13. The molecular weight excluding hydrogens is 235 g/mol. The molecule has 1 unspecified atom stereocenters. The van der Waals surface area contributed by atoms with Crippen LogP contribution >= 0.6 is 0 Å². The number of ether oxygens (including phenoxy) is 1. The predicted molar refractivity (Wildman–Crippen MR) is 64.0 cm³/mol. The van der Waals surface area contributed by atoms with E-state index < -0.39 is 11.9 Å². The van der Waals surface area contributed by atoms with Gasteiger partial charge in [-0.15, -0.1) is 0 Å². The molecular formula is C13H15FN2O2. The Kier molecular flexibility index (Phi) is 5.28. The van der Waals surface area contributed by atoms with Crippen molar-refractivity contribution in [2.45, 2.75) is 26.4 Å². The van der Waals surface area contributed by atoms with Crippen LogP contribution in [0.15, 0.2) is 18.2 Å². The second-order valence-electron chi connectivity index (χ2n) is 3.77. The highest BCUT2D eigenvalue weighted by molar-refractivity contribution is 5.75. The third-order valence-electron chi connectivity index (χ3n) is 2.43. The first kappa shape index (κ1) is 14.1. The average molecular weight is 250 g/mol. The zero-order valence-corrected chi connectivity index (χ0v) is 10.4. The number of hydrogen-bond acceptors (Lipinski definition) is 4. The van der Waals surface area contributed by atoms with Crippen molar-refractivity contribution in [1.29, 1.82) is 5.26 Å². The van der Waals surface area contributed by atoms with Crippen LogP contribution < -0.4 is 5.32 Å². The standard InChI is InChI=1S/C13H15FN2O2/c1-3-18-13(17)9(2)16-8-11-6-12(14)5-4-10(11)7-15/h4-6,9,16H,3,8H2,1-2H3. The maximum atomic E-state index is 13.1. The number of benzene rings is 1. The Balaban J connectivity index is 2.66. The smallest absolute Gasteiger partial charge is 0.322 e. The van der Waals surface area contributed by atoms with Gasteiger partial charge in [-0.2, -0.15) is 5.26 Å². The number of esters is 1. The number of carbonyl (C=O) groups excluding carboxylic acids is 1. The highest BCUT2D eigenvalue weighted by atomic mass is 19.1. The second-order valence-corrected chi connectivity index (χ2v) is 3.77. The van der Waals surface area contributed by atoms with Crippen LogP contribution in [0.1, 0.15) is 25.0 Å². The topological polar surface area (TPSA) is 62.1 Å². The third-order valence-corrected chi connectivity index (χ3v) is 2.43. The van der Waals surface area contributed by atoms with Crippen LogP contribution in [0, 0.1) is 17.1 Å². The molecule has 0 fully saturated rings. The molecule has 0 amide bonds. The molecule has 5 heteroatoms. The normalized spacial score (nSPS) is 11.7. The maximum absolute atomic E-state index is 13.1. The minimum absolute atomic E-state index is 0.237. The van der Waals surface area contributed by atoms with Gasteiger partial charge < -0.3 is 10.1 Å². The number of halogens is 1. The first-order valence-corrected chi connectivity index (χ1v) is 5.67. The zero-order chi connectivity index (χ0) is 13.5. The summed E-state index contributed by atoms with van der Waals surface area (Å²) in [5.74, 6) is -0.776. The van der Waals surface area contributed by atoms with Crippen molar-refractivity contribution in [2.75, 3.05) is 6.61 Å². The molecule has 0 aliphatic rings. The van der Waals surface area contributed by atoms with E-state index in [1.807, 2.05) is 6.07 Å². The van der Waals surface area contributed by atoms with Crippen molar-refractivity contribution in [1.82, 2.24) is 5.32 Å². The van der Waals surface area contributed by atoms with E-state index in [2.05, 4.69) is 5.32 Å². The van der Waals surface area contributed by atoms with E-state index in [0.29, 0.717) is 17.7 Å². The van der Waals surface area contributed by atoms with Crippen LogP contribution in [-0.2, 0) is 16.1 Å². The molecule has 0 radical (unpaired) electrons. The molecule has 0 aromatic heterocycles. The molecule has 0 saturated carbocycles. The third kappa shape index (κ3) is 3.82. The number of hydrogen-bond donors (Lipinski definition) is 1. The van der Waals surface area contributed by atoms with Gasteiger partial charge in [0.1, 0.15) is 11.9 Å². The molecule has 0 aliphatic carbocycles. The number of carbonyl (C=O) groups is 1. The van der Waals surface area contributed by atoms with E-state index in [4.69, 9.17) is 10.00 Å². The fraction of sp³-hybridized carbons (Fsp3) is 0.385. The van der Waals surface area contributed by atoms with Crippen molar-refractivity contribution in [2.24, 2.45) is 0 Å². The van der Waals surface area contributed by atoms with Crippen LogP contribution in [0.25, 0.3) is 0 Å². The van der Waals surface area contributed by atoms with Gasteiger partial charge in [0.2, 0.25) is 0 Å². The summed E-state index contributed by atoms with van der Waals surface area (Å²) in [4.78, 5) is 11.4. The van der Waals surface area contributed by atoms with Gasteiger partial charge in [0.25, 0.3) is 0 Å². The summed E-state index contributed by atoms with van der Waals surface area (Å²) in [6.45, 7) is 3.93. The van der Waals surface area contributed by atoms with E-state index >= 15 is 0 Å². The molecule has 0 saturated heterocycles. The second kappa shape index (κ2) is 6.72. The van der Waals surface area contributed by atoms with Gasteiger partial charge in [-0.05, 0) is 37.6 Å². The SMILES string of the molecule is CCOC(=O)C(C)NCc1cc(F)ccc1C#N. The quantitative estimate of drug-likeness (QED) is 0.808. The van der Waals surface area contributed by atoms with Crippen LogP contribution in [0.2, 0.25) is 0 Å². The van der Waals surface area contributed by atoms with Crippen molar-refractivity contribution < 1.29 is 13.9 Å². The molecule has 1 rings (SSSR count). The van der Waals surface area contributed by atoms with E-state index in [-0.39, 0.29) is 12.5 Å². The Morgan fingerprint density at radius 3 is 2.94 bits per heavy atom. The van der Waals surface area contributed by atoms with Gasteiger partial charge in [0.05, 0.1) is 18.2 Å². The minimum Gasteiger partial charge on any atom is -0.465 e. The number of rotatable bonds is 5. The molecule has 1 aromatic carbocycles. The van der Waals surface area contributed by atoms with E-state index in [9.17, 15) is 9.18 Å². The summed E-state index contributed by atoms with van der Waals surface area (Å²) < 4.78 is 17.9. The van der Waals surface area contributed by atoms with E-state index in [0.717, 1.165) is 0 Å². The summed E-state index contributed by atoms with van der Waals surface area (Å²) in [6, 6.07) is 5.41. The fourth-order valence-electron chi connectivity index (χ4n) is 1.43. The summed E-state index contributed by atoms with van der Waals surface area (Å²) >= 11 is 0. The lowest BCUT2D eigenvalue weighted by molar-refractivity contribution is -0.145. The minimum atomic E-state index is -0.500. The summed E-state index contributed by atoms with van der Waals surface area (Å²) in [7, 11) is 0. The Morgan fingerprint density at radius 2 is 2.33 bits per heavy atom. The number of nitrogens with one attached hydrogen (secondary N) is 1. The molecule has 1 aromatic rings. The van der Waals surface area contributed by atoms with E-state index in [1.165, 1.54) is 18.2 Å². The van der Waals surface area contributed by atoms with Crippen LogP contribution in [-0.4, -0.2) is 18.6 Å². The van der Waals surface area contributed by atoms with Crippen LogP contribution in [0.5, 0.6) is 0 Å². The summed E-state index contributed by atoms with van der Waals surface area (Å²) in [5, 5.41) is 11.8. The average Bonchev–Trinajstić information content (AvgIpc) is 2.36. The molecule has 0 bridgehead atoms. The van der Waals surface area contributed by atoms with Crippen molar-refractivity contribution in [3.63, 3.8) is 0 Å². The van der Waals surface area contributed by atoms with Gasteiger partial charge in [0.15, 0.2) is 0 Å². The first-order valence-electron chi connectivity index (χ1n) is 5.67. The Hall–Kier alpha value is -1.93. The van der Waals surface area contributed by atoms with Gasteiger partial charge in [-0.3, -0.25) is 4.79 Å². The maximum Gasteiger partial charge on any atom is 0.322 e. The number of nitrogens with zero attached hydrogens (tertiary/aromatic N) is 1. The predicted octanol–water partition coefficient (Wildman–Crippen LogP) is 1.74. The molecule has 0 aliphatic heterocycles. The molecule has 4 nitrogen and oxygen atoms in total. The number of nitriles is 1. The highest BCUT2D eigenvalue weighted by Crippen LogP contribution is 2.10. The van der Waals surface area contributed by atoms with Gasteiger partial charge in [0, 0.05) is 6.54 Å². The van der Waals surface area contributed by atoms with Gasteiger partial charge in [-0.25, -0.2) is 4.39 Å². The van der Waals surface area contributed by atoms with Crippen LogP contribution in [0.3, 0.4) is 0 Å². The van der Waals surface area contributed by atoms with Crippen molar-refractivity contribution in [3.05, 3.63) is 35.1 Å². The van der Waals surface area contributed by atoms with Crippen LogP contribution in [0.4, 0.5) is 4.39 Å². The monoisotopic (exact) mass is 250 g/mol. The molecule has 18 heavy (non-hydrogen) atoms. The fourth-order valence-corrected chi connectivity index (χ4v) is 1.43. The lowest BCUT2D eigenvalue weighted by Crippen LogP contribution is -2.35.